The van der Waals surface area contributed by atoms with Gasteiger partial charge in [0.05, 0.1) is 12.2 Å². The molecule has 1 aromatic carbocycles. The fraction of sp³-hybridized carbons (Fsp3) is 0.429. The smallest absolute Gasteiger partial charge is 0.318 e. The van der Waals surface area contributed by atoms with Crippen molar-refractivity contribution in [1.29, 1.82) is 0 Å². The van der Waals surface area contributed by atoms with Crippen molar-refractivity contribution in [3.8, 4) is 0 Å². The number of nitrogens with zero attached hydrogens (tertiary/aromatic N) is 3. The highest BCUT2D eigenvalue weighted by atomic mass is 19.1. The number of allylic oxidation sites excluding steroid dienone is 1. The van der Waals surface area contributed by atoms with Gasteiger partial charge in [-0.1, -0.05) is 18.2 Å². The maximum atomic E-state index is 13.1. The number of halogens is 1. The molecule has 1 fully saturated rings. The standard InChI is InChI=1S/C21H25FN4O/c1-25-14-17(13-23-25)20-3-2-12-26(20)21(27)24-19-10-6-16(7-11-19)15-4-8-18(22)9-5-15/h4-6,8-9,13-14,19-20H,2-3,7,10-12H2,1H3,(H,24,27). The molecule has 1 saturated heterocycles. The number of benzene rings is 1. The van der Waals surface area contributed by atoms with Crippen molar-refractivity contribution in [1.82, 2.24) is 20.0 Å². The van der Waals surface area contributed by atoms with E-state index >= 15 is 0 Å². The molecule has 2 aliphatic rings. The predicted molar refractivity (Wildman–Crippen MR) is 102 cm³/mol. The molecule has 142 valence electrons. The summed E-state index contributed by atoms with van der Waals surface area (Å²) in [5.41, 5.74) is 3.40. The molecule has 2 aromatic rings. The second-order valence-electron chi connectivity index (χ2n) is 7.46. The van der Waals surface area contributed by atoms with E-state index in [1.165, 1.54) is 17.7 Å². The lowest BCUT2D eigenvalue weighted by molar-refractivity contribution is 0.188. The van der Waals surface area contributed by atoms with Crippen LogP contribution in [0.4, 0.5) is 9.18 Å². The SMILES string of the molecule is Cn1cc(C2CCCN2C(=O)NC2CC=C(c3ccc(F)cc3)CC2)cn1. The maximum absolute atomic E-state index is 13.1. The van der Waals surface area contributed by atoms with E-state index in [9.17, 15) is 9.18 Å². The predicted octanol–water partition coefficient (Wildman–Crippen LogP) is 4.04. The molecule has 2 heterocycles. The monoisotopic (exact) mass is 368 g/mol. The molecule has 27 heavy (non-hydrogen) atoms. The Kier molecular flexibility index (Phi) is 4.97. The van der Waals surface area contributed by atoms with Gasteiger partial charge in [-0.2, -0.15) is 5.10 Å². The zero-order valence-electron chi connectivity index (χ0n) is 15.6. The van der Waals surface area contributed by atoms with Gasteiger partial charge >= 0.3 is 6.03 Å². The van der Waals surface area contributed by atoms with Gasteiger partial charge in [-0.05, 0) is 55.4 Å². The number of carbonyl (C=O) groups excluding carboxylic acids is 1. The number of hydrogen-bond acceptors (Lipinski definition) is 2. The molecule has 2 unspecified atom stereocenters. The molecule has 4 rings (SSSR count). The van der Waals surface area contributed by atoms with E-state index in [1.54, 1.807) is 4.68 Å². The van der Waals surface area contributed by atoms with Gasteiger partial charge in [0.25, 0.3) is 0 Å². The maximum Gasteiger partial charge on any atom is 0.318 e. The molecule has 0 saturated carbocycles. The van der Waals surface area contributed by atoms with Gasteiger partial charge in [0, 0.05) is 31.4 Å². The van der Waals surface area contributed by atoms with E-state index in [1.807, 2.05) is 36.5 Å². The molecule has 2 atom stereocenters. The van der Waals surface area contributed by atoms with Crippen molar-refractivity contribution < 1.29 is 9.18 Å². The van der Waals surface area contributed by atoms with Gasteiger partial charge in [0.15, 0.2) is 0 Å². The number of hydrogen-bond donors (Lipinski definition) is 1. The Labute approximate surface area is 158 Å². The first kappa shape index (κ1) is 17.8. The van der Waals surface area contributed by atoms with Crippen LogP contribution in [0.3, 0.4) is 0 Å². The highest BCUT2D eigenvalue weighted by Gasteiger charge is 2.32. The van der Waals surface area contributed by atoms with Crippen molar-refractivity contribution in [3.63, 3.8) is 0 Å². The molecule has 0 spiro atoms. The minimum absolute atomic E-state index is 0.0185. The summed E-state index contributed by atoms with van der Waals surface area (Å²) >= 11 is 0. The summed E-state index contributed by atoms with van der Waals surface area (Å²) in [5.74, 6) is -0.214. The third-order valence-electron chi connectivity index (χ3n) is 5.58. The van der Waals surface area contributed by atoms with Gasteiger partial charge in [0.1, 0.15) is 5.82 Å². The van der Waals surface area contributed by atoms with Gasteiger partial charge in [0.2, 0.25) is 0 Å². The summed E-state index contributed by atoms with van der Waals surface area (Å²) in [5, 5.41) is 7.44. The number of aryl methyl sites for hydroxylation is 1. The molecule has 1 aliphatic carbocycles. The van der Waals surface area contributed by atoms with Crippen LogP contribution in [0.5, 0.6) is 0 Å². The third kappa shape index (κ3) is 3.89. The quantitative estimate of drug-likeness (QED) is 0.889. The fourth-order valence-corrected chi connectivity index (χ4v) is 4.12. The lowest BCUT2D eigenvalue weighted by atomic mass is 9.91. The van der Waals surface area contributed by atoms with Crippen molar-refractivity contribution >= 4 is 11.6 Å². The van der Waals surface area contributed by atoms with E-state index in [2.05, 4.69) is 16.5 Å². The van der Waals surface area contributed by atoms with E-state index in [0.717, 1.165) is 49.8 Å². The average molecular weight is 368 g/mol. The molecule has 1 N–H and O–H groups in total. The van der Waals surface area contributed by atoms with Crippen LogP contribution in [-0.4, -0.2) is 33.3 Å². The first-order valence-electron chi connectivity index (χ1n) is 9.61. The lowest BCUT2D eigenvalue weighted by Crippen LogP contribution is -2.44. The van der Waals surface area contributed by atoms with Crippen LogP contribution < -0.4 is 5.32 Å². The zero-order chi connectivity index (χ0) is 18.8. The molecular weight excluding hydrogens is 343 g/mol. The van der Waals surface area contributed by atoms with Crippen LogP contribution in [-0.2, 0) is 7.05 Å². The first-order chi connectivity index (χ1) is 13.1. The highest BCUT2D eigenvalue weighted by Crippen LogP contribution is 2.32. The van der Waals surface area contributed by atoms with Crippen LogP contribution in [0, 0.1) is 5.82 Å². The van der Waals surface area contributed by atoms with Crippen LogP contribution in [0.25, 0.3) is 5.57 Å². The Morgan fingerprint density at radius 3 is 2.74 bits per heavy atom. The van der Waals surface area contributed by atoms with Gasteiger partial charge in [-0.25, -0.2) is 9.18 Å². The summed E-state index contributed by atoms with van der Waals surface area (Å²) in [4.78, 5) is 14.8. The summed E-state index contributed by atoms with van der Waals surface area (Å²) in [6.45, 7) is 0.786. The van der Waals surface area contributed by atoms with Crippen LogP contribution in [0.2, 0.25) is 0 Å². The molecule has 1 aliphatic heterocycles. The summed E-state index contributed by atoms with van der Waals surface area (Å²) in [6.07, 6.45) is 10.6. The molecule has 5 nitrogen and oxygen atoms in total. The summed E-state index contributed by atoms with van der Waals surface area (Å²) < 4.78 is 14.9. The normalized spacial score (nSPS) is 22.6. The number of urea groups is 1. The van der Waals surface area contributed by atoms with Crippen LogP contribution >= 0.6 is 0 Å². The Morgan fingerprint density at radius 2 is 2.07 bits per heavy atom. The Morgan fingerprint density at radius 1 is 1.26 bits per heavy atom. The van der Waals surface area contributed by atoms with E-state index in [4.69, 9.17) is 0 Å². The average Bonchev–Trinajstić information content (AvgIpc) is 3.32. The van der Waals surface area contributed by atoms with Crippen molar-refractivity contribution in [2.75, 3.05) is 6.54 Å². The number of likely N-dealkylation sites (tertiary alicyclic amines) is 1. The topological polar surface area (TPSA) is 50.2 Å². The number of aromatic nitrogens is 2. The summed E-state index contributed by atoms with van der Waals surface area (Å²) in [6, 6.07) is 6.92. The van der Waals surface area contributed by atoms with Gasteiger partial charge < -0.3 is 10.2 Å². The molecule has 2 amide bonds. The number of nitrogens with one attached hydrogen (secondary N) is 1. The highest BCUT2D eigenvalue weighted by molar-refractivity contribution is 5.76. The molecular formula is C21H25FN4O. The lowest BCUT2D eigenvalue weighted by Gasteiger charge is -2.29. The van der Waals surface area contributed by atoms with Crippen molar-refractivity contribution in [2.45, 2.75) is 44.2 Å². The fourth-order valence-electron chi connectivity index (χ4n) is 4.12. The van der Waals surface area contributed by atoms with Crippen LogP contribution in [0.1, 0.15) is 49.3 Å². The van der Waals surface area contributed by atoms with Crippen LogP contribution in [0.15, 0.2) is 42.7 Å². The first-order valence-corrected chi connectivity index (χ1v) is 9.61. The second kappa shape index (κ2) is 7.55. The van der Waals surface area contributed by atoms with E-state index in [0.29, 0.717) is 0 Å². The molecule has 0 radical (unpaired) electrons. The zero-order valence-corrected chi connectivity index (χ0v) is 15.6. The third-order valence-corrected chi connectivity index (χ3v) is 5.58. The van der Waals surface area contributed by atoms with Gasteiger partial charge in [-0.15, -0.1) is 0 Å². The molecule has 0 bridgehead atoms. The Bertz CT molecular complexity index is 842. The van der Waals surface area contributed by atoms with Crippen molar-refractivity contribution in [2.24, 2.45) is 7.05 Å². The van der Waals surface area contributed by atoms with Gasteiger partial charge in [-0.3, -0.25) is 4.68 Å². The number of carbonyl (C=O) groups is 1. The van der Waals surface area contributed by atoms with E-state index < -0.39 is 0 Å². The number of amides is 2. The summed E-state index contributed by atoms with van der Waals surface area (Å²) in [7, 11) is 1.90. The van der Waals surface area contributed by atoms with Crippen molar-refractivity contribution in [3.05, 3.63) is 59.7 Å². The Hall–Kier alpha value is -2.63. The molecule has 1 aromatic heterocycles. The second-order valence-corrected chi connectivity index (χ2v) is 7.46. The minimum atomic E-state index is -0.214. The number of rotatable bonds is 3. The minimum Gasteiger partial charge on any atom is -0.335 e. The largest absolute Gasteiger partial charge is 0.335 e. The van der Waals surface area contributed by atoms with E-state index in [-0.39, 0.29) is 23.9 Å². The molecule has 6 heteroatoms. The Balaban J connectivity index is 1.37.